The van der Waals surface area contributed by atoms with Crippen LogP contribution in [0.15, 0.2) is 10.1 Å². The third kappa shape index (κ3) is 22.9. The third-order valence-corrected chi connectivity index (χ3v) is 7.98. The van der Waals surface area contributed by atoms with E-state index in [4.69, 9.17) is 22.7 Å². The molecule has 0 fully saturated rings. The maximum Gasteiger partial charge on any atom is 0.305 e. The van der Waals surface area contributed by atoms with Crippen LogP contribution in [0.4, 0.5) is 0 Å². The van der Waals surface area contributed by atoms with Crippen molar-refractivity contribution in [2.75, 3.05) is 39.3 Å². The number of rotatable bonds is 28. The SMILES string of the molecule is CC(C)C[C@H](NC(=O)[C@H](CO)NC(=O)[C@H](CC(=O)O)NC(=O)CNC(=O)[C@H](CCCN=C(N)N)NC(=O)CNC(=O)[C@@H](N)C(C)C)C(=O)N[C@@H](C)C(=O)NCCN=[N+]=[N-]. The molecule has 0 saturated carbocycles. The predicted octanol–water partition coefficient (Wildman–Crippen LogP) is -5.36. The van der Waals surface area contributed by atoms with E-state index in [-0.39, 0.29) is 56.7 Å². The van der Waals surface area contributed by atoms with E-state index in [0.29, 0.717) is 0 Å². The van der Waals surface area contributed by atoms with Crippen molar-refractivity contribution in [3.63, 3.8) is 0 Å². The lowest BCUT2D eigenvalue weighted by Gasteiger charge is -2.25. The summed E-state index contributed by atoms with van der Waals surface area (Å²) in [6.07, 6.45) is -0.781. The number of aliphatic carboxylic acids is 1. The van der Waals surface area contributed by atoms with Gasteiger partial charge in [0.1, 0.15) is 30.2 Å². The van der Waals surface area contributed by atoms with Crippen LogP contribution in [0.2, 0.25) is 0 Å². The average molecular weight is 842 g/mol. The van der Waals surface area contributed by atoms with Crippen molar-refractivity contribution < 1.29 is 53.4 Å². The number of nitrogens with two attached hydrogens (primary N) is 3. The Morgan fingerprint density at radius 1 is 0.678 bits per heavy atom. The molecular formula is C33H59N15O11. The van der Waals surface area contributed by atoms with Gasteiger partial charge >= 0.3 is 5.97 Å². The number of carboxylic acid groups (broad SMARTS) is 1. The zero-order valence-corrected chi connectivity index (χ0v) is 33.8. The number of carbonyl (C=O) groups excluding carboxylic acids is 8. The molecule has 16 N–H and O–H groups in total. The Morgan fingerprint density at radius 2 is 1.22 bits per heavy atom. The molecule has 0 aromatic carbocycles. The molecule has 0 bridgehead atoms. The van der Waals surface area contributed by atoms with Crippen molar-refractivity contribution in [3.8, 4) is 0 Å². The highest BCUT2D eigenvalue weighted by molar-refractivity contribution is 5.97. The number of aliphatic hydroxyl groups excluding tert-OH is 1. The maximum atomic E-state index is 13.2. The van der Waals surface area contributed by atoms with Gasteiger partial charge in [0.05, 0.1) is 32.2 Å². The molecule has 0 aromatic heterocycles. The summed E-state index contributed by atoms with van der Waals surface area (Å²) in [7, 11) is 0. The molecule has 6 atom stereocenters. The monoisotopic (exact) mass is 841 g/mol. The second kappa shape index (κ2) is 28.2. The highest BCUT2D eigenvalue weighted by Crippen LogP contribution is 2.07. The number of carboxylic acids is 1. The van der Waals surface area contributed by atoms with E-state index in [1.54, 1.807) is 27.7 Å². The van der Waals surface area contributed by atoms with Gasteiger partial charge in [-0.2, -0.15) is 0 Å². The van der Waals surface area contributed by atoms with Gasteiger partial charge in [-0.05, 0) is 43.6 Å². The van der Waals surface area contributed by atoms with Crippen molar-refractivity contribution in [2.45, 2.75) is 96.6 Å². The molecule has 0 aliphatic carbocycles. The average Bonchev–Trinajstić information content (AvgIpc) is 3.15. The number of aliphatic imine (C=N–C) groups is 1. The van der Waals surface area contributed by atoms with Crippen LogP contribution >= 0.6 is 0 Å². The van der Waals surface area contributed by atoms with Gasteiger partial charge in [0.2, 0.25) is 47.3 Å². The van der Waals surface area contributed by atoms with Gasteiger partial charge in [-0.25, -0.2) is 0 Å². The first kappa shape index (κ1) is 52.7. The molecule has 0 heterocycles. The molecule has 0 rings (SSSR count). The minimum Gasteiger partial charge on any atom is -0.481 e. The highest BCUT2D eigenvalue weighted by Gasteiger charge is 2.32. The normalized spacial score (nSPS) is 13.7. The van der Waals surface area contributed by atoms with Crippen LogP contribution < -0.4 is 59.7 Å². The van der Waals surface area contributed by atoms with E-state index in [1.807, 2.05) is 0 Å². The zero-order chi connectivity index (χ0) is 45.2. The number of hydrogen-bond donors (Lipinski definition) is 13. The summed E-state index contributed by atoms with van der Waals surface area (Å²) in [6, 6.07) is -8.06. The summed E-state index contributed by atoms with van der Waals surface area (Å²) in [6.45, 7) is 5.96. The number of azide groups is 1. The third-order valence-electron chi connectivity index (χ3n) is 7.98. The van der Waals surface area contributed by atoms with Gasteiger partial charge in [0.15, 0.2) is 5.96 Å². The number of hydrogen-bond acceptors (Lipinski definition) is 13. The summed E-state index contributed by atoms with van der Waals surface area (Å²) < 4.78 is 0. The minimum atomic E-state index is -1.83. The van der Waals surface area contributed by atoms with Crippen molar-refractivity contribution in [1.29, 1.82) is 0 Å². The molecule has 26 nitrogen and oxygen atoms in total. The summed E-state index contributed by atoms with van der Waals surface area (Å²) >= 11 is 0. The van der Waals surface area contributed by atoms with E-state index in [2.05, 4.69) is 57.6 Å². The van der Waals surface area contributed by atoms with Gasteiger partial charge in [-0.15, -0.1) is 0 Å². The number of nitrogens with one attached hydrogen (secondary N) is 8. The summed E-state index contributed by atoms with van der Waals surface area (Å²) in [5, 5.41) is 41.3. The fourth-order valence-electron chi connectivity index (χ4n) is 4.77. The fourth-order valence-corrected chi connectivity index (χ4v) is 4.77. The maximum absolute atomic E-state index is 13.2. The van der Waals surface area contributed by atoms with E-state index >= 15 is 0 Å². The summed E-state index contributed by atoms with van der Waals surface area (Å²) in [5.74, 6) is -9.12. The Bertz CT molecular complexity index is 1550. The smallest absolute Gasteiger partial charge is 0.305 e. The Hall–Kier alpha value is -6.27. The molecule has 0 aliphatic heterocycles. The van der Waals surface area contributed by atoms with Crippen molar-refractivity contribution in [3.05, 3.63) is 10.4 Å². The number of nitrogens with zero attached hydrogens (tertiary/aromatic N) is 4. The molecule has 0 aliphatic rings. The Kier molecular flexibility index (Phi) is 25.2. The Labute approximate surface area is 340 Å². The van der Waals surface area contributed by atoms with Crippen LogP contribution in [-0.2, 0) is 43.2 Å². The first-order chi connectivity index (χ1) is 27.6. The van der Waals surface area contributed by atoms with Crippen LogP contribution in [0, 0.1) is 11.8 Å². The molecule has 332 valence electrons. The van der Waals surface area contributed by atoms with Crippen LogP contribution in [0.5, 0.6) is 0 Å². The highest BCUT2D eigenvalue weighted by atomic mass is 16.4. The molecule has 0 spiro atoms. The van der Waals surface area contributed by atoms with E-state index in [1.165, 1.54) is 6.92 Å². The zero-order valence-electron chi connectivity index (χ0n) is 33.8. The van der Waals surface area contributed by atoms with Gasteiger partial charge < -0.3 is 69.9 Å². The second-order valence-corrected chi connectivity index (χ2v) is 13.9. The largest absolute Gasteiger partial charge is 0.481 e. The lowest BCUT2D eigenvalue weighted by atomic mass is 10.0. The lowest BCUT2D eigenvalue weighted by Crippen LogP contribution is -2.59. The van der Waals surface area contributed by atoms with Crippen LogP contribution in [0.3, 0.4) is 0 Å². The number of amides is 8. The molecule has 0 saturated heterocycles. The summed E-state index contributed by atoms with van der Waals surface area (Å²) in [4.78, 5) is 120. The van der Waals surface area contributed by atoms with Crippen molar-refractivity contribution in [2.24, 2.45) is 39.1 Å². The van der Waals surface area contributed by atoms with Gasteiger partial charge in [0.25, 0.3) is 0 Å². The van der Waals surface area contributed by atoms with Crippen molar-refractivity contribution in [1.82, 2.24) is 42.5 Å². The molecule has 0 radical (unpaired) electrons. The van der Waals surface area contributed by atoms with Crippen LogP contribution in [0.25, 0.3) is 10.4 Å². The van der Waals surface area contributed by atoms with E-state index in [9.17, 15) is 53.4 Å². The summed E-state index contributed by atoms with van der Waals surface area (Å²) in [5.41, 5.74) is 24.8. The number of aliphatic hydroxyl groups is 1. The predicted molar refractivity (Wildman–Crippen MR) is 210 cm³/mol. The van der Waals surface area contributed by atoms with Gasteiger partial charge in [0, 0.05) is 24.5 Å². The van der Waals surface area contributed by atoms with Crippen molar-refractivity contribution >= 4 is 59.2 Å². The molecule has 0 unspecified atom stereocenters. The van der Waals surface area contributed by atoms with E-state index < -0.39 is 116 Å². The second-order valence-electron chi connectivity index (χ2n) is 13.9. The van der Waals surface area contributed by atoms with Gasteiger partial charge in [-0.3, -0.25) is 48.1 Å². The molecule has 59 heavy (non-hydrogen) atoms. The first-order valence-corrected chi connectivity index (χ1v) is 18.6. The number of carbonyl (C=O) groups is 9. The topological polar surface area (TPSA) is 430 Å². The van der Waals surface area contributed by atoms with E-state index in [0.717, 1.165) is 0 Å². The molecular weight excluding hydrogens is 782 g/mol. The standard InChI is InChI=1S/C33H59N15O11/c1-16(2)11-20(29(56)43-18(5)27(54)38-9-10-42-48-37)46-31(58)22(15-49)47-30(57)21(12-25(52)53)45-24(51)13-40-28(55)19(7-6-8-39-33(35)36)44-23(50)14-41-32(59)26(34)17(3)4/h16-22,26,49H,6-15,34H2,1-5H3,(H,38,54)(H,40,55)(H,41,59)(H,43,56)(H,44,50)(H,45,51)(H,46,58)(H,47,57)(H,52,53)(H4,35,36,39)/t18-,19-,20-,21-,22-,26-/m0/s1. The van der Waals surface area contributed by atoms with Gasteiger partial charge in [-0.1, -0.05) is 32.8 Å². The number of guanidine groups is 1. The quantitative estimate of drug-likeness (QED) is 0.00874. The molecule has 8 amide bonds. The lowest BCUT2D eigenvalue weighted by molar-refractivity contribution is -0.141. The van der Waals surface area contributed by atoms with Crippen LogP contribution in [0.1, 0.15) is 60.3 Å². The first-order valence-electron chi connectivity index (χ1n) is 18.6. The molecule has 0 aromatic rings. The minimum absolute atomic E-state index is 0.00629. The Morgan fingerprint density at radius 3 is 1.75 bits per heavy atom. The Balaban J connectivity index is 5.69. The molecule has 26 heteroatoms. The fraction of sp³-hybridized carbons (Fsp3) is 0.697. The van der Waals surface area contributed by atoms with Crippen LogP contribution in [-0.4, -0.2) is 145 Å².